The van der Waals surface area contributed by atoms with Gasteiger partial charge in [0.05, 0.1) is 10.7 Å². The molecule has 0 amide bonds. The fourth-order valence-electron chi connectivity index (χ4n) is 3.49. The Hall–Kier alpha value is -2.82. The summed E-state index contributed by atoms with van der Waals surface area (Å²) in [5.41, 5.74) is 4.96. The normalized spacial score (nSPS) is 12.6. The lowest BCUT2D eigenvalue weighted by atomic mass is 9.96. The summed E-state index contributed by atoms with van der Waals surface area (Å²) in [7, 11) is 0. The van der Waals surface area contributed by atoms with Crippen LogP contribution in [0.25, 0.3) is 22.6 Å². The molecule has 4 rings (SSSR count). The van der Waals surface area contributed by atoms with E-state index >= 15 is 0 Å². The zero-order chi connectivity index (χ0) is 22.0. The van der Waals surface area contributed by atoms with Gasteiger partial charge in [-0.2, -0.15) is 0 Å². The first-order valence-corrected chi connectivity index (χ1v) is 10.9. The molecule has 4 nitrogen and oxygen atoms in total. The fraction of sp³-hybridized carbons (Fsp3) is 0.200. The minimum atomic E-state index is -0.0504. The first kappa shape index (κ1) is 21.4. The largest absolute Gasteiger partial charge is 0.506 e. The van der Waals surface area contributed by atoms with Crippen LogP contribution in [0.2, 0.25) is 10.0 Å². The summed E-state index contributed by atoms with van der Waals surface area (Å²) < 4.78 is 5.95. The molecule has 0 radical (unpaired) electrons. The van der Waals surface area contributed by atoms with Crippen LogP contribution in [0.3, 0.4) is 0 Å². The number of hydrogen-bond donors (Lipinski definition) is 1. The Kier molecular flexibility index (Phi) is 6.30. The molecule has 0 bridgehead atoms. The Morgan fingerprint density at radius 1 is 1.10 bits per heavy atom. The lowest BCUT2D eigenvalue weighted by molar-refractivity contribution is 0.475. The van der Waals surface area contributed by atoms with Gasteiger partial charge in [0.15, 0.2) is 5.58 Å². The number of nitrogens with zero attached hydrogens (tertiary/aromatic N) is 2. The van der Waals surface area contributed by atoms with Crippen LogP contribution in [0.1, 0.15) is 43.7 Å². The number of phenols is 1. The minimum Gasteiger partial charge on any atom is -0.506 e. The zero-order valence-electron chi connectivity index (χ0n) is 17.3. The van der Waals surface area contributed by atoms with Crippen LogP contribution >= 0.6 is 23.2 Å². The number of aliphatic imine (C=N–C) groups is 1. The Morgan fingerprint density at radius 3 is 2.61 bits per heavy atom. The third-order valence-electron chi connectivity index (χ3n) is 5.23. The fourth-order valence-corrected chi connectivity index (χ4v) is 4.00. The van der Waals surface area contributed by atoms with Crippen molar-refractivity contribution in [2.45, 2.75) is 32.6 Å². The maximum atomic E-state index is 10.0. The van der Waals surface area contributed by atoms with Crippen molar-refractivity contribution in [1.29, 1.82) is 0 Å². The van der Waals surface area contributed by atoms with E-state index in [2.05, 4.69) is 36.0 Å². The van der Waals surface area contributed by atoms with Crippen LogP contribution in [-0.4, -0.2) is 16.3 Å². The average Bonchev–Trinajstić information content (AvgIpc) is 3.19. The van der Waals surface area contributed by atoms with Crippen LogP contribution in [0.5, 0.6) is 5.75 Å². The maximum absolute atomic E-state index is 10.0. The molecule has 1 N–H and O–H groups in total. The van der Waals surface area contributed by atoms with Crippen LogP contribution in [0.15, 0.2) is 64.0 Å². The third kappa shape index (κ3) is 4.76. The van der Waals surface area contributed by atoms with E-state index in [4.69, 9.17) is 27.6 Å². The van der Waals surface area contributed by atoms with E-state index in [1.165, 1.54) is 17.8 Å². The summed E-state index contributed by atoms with van der Waals surface area (Å²) in [5, 5.41) is 10.7. The lowest BCUT2D eigenvalue weighted by Crippen LogP contribution is -1.92. The minimum absolute atomic E-state index is 0.0504. The van der Waals surface area contributed by atoms with E-state index in [1.54, 1.807) is 6.07 Å². The van der Waals surface area contributed by atoms with Crippen molar-refractivity contribution in [2.24, 2.45) is 4.99 Å². The molecule has 1 unspecified atom stereocenters. The molecule has 1 atom stereocenters. The van der Waals surface area contributed by atoms with Gasteiger partial charge >= 0.3 is 0 Å². The highest BCUT2D eigenvalue weighted by molar-refractivity contribution is 6.36. The van der Waals surface area contributed by atoms with Gasteiger partial charge in [0, 0.05) is 22.4 Å². The van der Waals surface area contributed by atoms with E-state index < -0.39 is 0 Å². The lowest BCUT2D eigenvalue weighted by Gasteiger charge is -2.09. The number of hydrogen-bond acceptors (Lipinski definition) is 4. The molecule has 0 aliphatic heterocycles. The molecule has 0 aliphatic rings. The highest BCUT2D eigenvalue weighted by Gasteiger charge is 2.11. The number of rotatable bonds is 6. The van der Waals surface area contributed by atoms with Gasteiger partial charge in [0.2, 0.25) is 5.89 Å². The summed E-state index contributed by atoms with van der Waals surface area (Å²) in [6, 6.07) is 16.8. The number of aromatic nitrogens is 1. The van der Waals surface area contributed by atoms with Crippen LogP contribution in [0, 0.1) is 0 Å². The number of benzene rings is 3. The monoisotopic (exact) mass is 452 g/mol. The number of aromatic hydroxyl groups is 1. The molecule has 0 saturated heterocycles. The first-order chi connectivity index (χ1) is 14.9. The second kappa shape index (κ2) is 9.13. The molecule has 3 aromatic carbocycles. The van der Waals surface area contributed by atoms with Crippen LogP contribution in [0.4, 0.5) is 5.69 Å². The highest BCUT2D eigenvalue weighted by Crippen LogP contribution is 2.31. The standard InChI is InChI=1S/C25H22Cl2N2O2/c1-3-4-15(2)17-7-10-23-22(12-17)29-25(31-23)16-5-8-20(9-6-16)28-14-18-11-19(26)13-21(27)24(18)30/h5-15,30H,3-4H2,1-2H3. The number of halogens is 2. The van der Waals surface area contributed by atoms with Gasteiger partial charge in [-0.3, -0.25) is 4.99 Å². The van der Waals surface area contributed by atoms with Gasteiger partial charge in [0.25, 0.3) is 0 Å². The average molecular weight is 453 g/mol. The molecule has 0 saturated carbocycles. The zero-order valence-corrected chi connectivity index (χ0v) is 18.8. The van der Waals surface area contributed by atoms with Crippen molar-refractivity contribution in [3.8, 4) is 17.2 Å². The quantitative estimate of drug-likeness (QED) is 0.300. The molecule has 1 heterocycles. The van der Waals surface area contributed by atoms with Gasteiger partial charge in [0.1, 0.15) is 11.3 Å². The molecule has 31 heavy (non-hydrogen) atoms. The molecule has 0 spiro atoms. The summed E-state index contributed by atoms with van der Waals surface area (Å²) in [4.78, 5) is 9.07. The van der Waals surface area contributed by atoms with E-state index in [1.807, 2.05) is 30.3 Å². The Balaban J connectivity index is 1.56. The molecule has 0 aliphatic carbocycles. The van der Waals surface area contributed by atoms with Crippen LogP contribution < -0.4 is 0 Å². The van der Waals surface area contributed by atoms with Gasteiger partial charge in [-0.15, -0.1) is 0 Å². The Bertz CT molecular complexity index is 1250. The summed E-state index contributed by atoms with van der Waals surface area (Å²) in [6.07, 6.45) is 3.83. The summed E-state index contributed by atoms with van der Waals surface area (Å²) >= 11 is 11.9. The van der Waals surface area contributed by atoms with Crippen molar-refractivity contribution in [3.05, 3.63) is 75.8 Å². The van der Waals surface area contributed by atoms with Crippen molar-refractivity contribution < 1.29 is 9.52 Å². The summed E-state index contributed by atoms with van der Waals surface area (Å²) in [5.74, 6) is 1.02. The van der Waals surface area contributed by atoms with Gasteiger partial charge < -0.3 is 9.52 Å². The van der Waals surface area contributed by atoms with E-state index in [0.717, 1.165) is 29.5 Å². The van der Waals surface area contributed by atoms with Crippen LogP contribution in [-0.2, 0) is 0 Å². The van der Waals surface area contributed by atoms with Gasteiger partial charge in [-0.05, 0) is 66.4 Å². The van der Waals surface area contributed by atoms with E-state index in [9.17, 15) is 5.11 Å². The third-order valence-corrected chi connectivity index (χ3v) is 5.73. The predicted molar refractivity (Wildman–Crippen MR) is 128 cm³/mol. The SMILES string of the molecule is CCCC(C)c1ccc2oc(-c3ccc(N=Cc4cc(Cl)cc(Cl)c4O)cc3)nc2c1. The predicted octanol–water partition coefficient (Wildman–Crippen LogP) is 8.16. The highest BCUT2D eigenvalue weighted by atomic mass is 35.5. The second-order valence-electron chi connectivity index (χ2n) is 7.57. The van der Waals surface area contributed by atoms with Crippen molar-refractivity contribution in [1.82, 2.24) is 4.98 Å². The number of oxazole rings is 1. The topological polar surface area (TPSA) is 58.6 Å². The number of phenolic OH excluding ortho intramolecular Hbond substituents is 1. The van der Waals surface area contributed by atoms with Crippen molar-refractivity contribution in [2.75, 3.05) is 0 Å². The molecule has 0 fully saturated rings. The smallest absolute Gasteiger partial charge is 0.227 e. The van der Waals surface area contributed by atoms with E-state index in [0.29, 0.717) is 28.1 Å². The Morgan fingerprint density at radius 2 is 1.87 bits per heavy atom. The summed E-state index contributed by atoms with van der Waals surface area (Å²) in [6.45, 7) is 4.44. The molecule has 4 aromatic rings. The number of fused-ring (bicyclic) bond motifs is 1. The van der Waals surface area contributed by atoms with Gasteiger partial charge in [-0.1, -0.05) is 49.5 Å². The maximum Gasteiger partial charge on any atom is 0.227 e. The van der Waals surface area contributed by atoms with Crippen molar-refractivity contribution in [3.63, 3.8) is 0 Å². The van der Waals surface area contributed by atoms with E-state index in [-0.39, 0.29) is 10.8 Å². The first-order valence-electron chi connectivity index (χ1n) is 10.2. The van der Waals surface area contributed by atoms with Crippen molar-refractivity contribution >= 4 is 46.2 Å². The molecular weight excluding hydrogens is 431 g/mol. The molecule has 1 aromatic heterocycles. The molecule has 6 heteroatoms. The molecule has 158 valence electrons. The second-order valence-corrected chi connectivity index (χ2v) is 8.41. The molecular formula is C25H22Cl2N2O2. The Labute approximate surface area is 191 Å². The van der Waals surface area contributed by atoms with Gasteiger partial charge in [-0.25, -0.2) is 4.98 Å².